The second-order valence-corrected chi connectivity index (χ2v) is 5.25. The van der Waals surface area contributed by atoms with E-state index in [0.29, 0.717) is 10.2 Å². The van der Waals surface area contributed by atoms with Crippen molar-refractivity contribution < 1.29 is 22.7 Å². The molecule has 1 heterocycles. The number of ether oxygens (including phenoxy) is 1. The van der Waals surface area contributed by atoms with E-state index in [1.807, 2.05) is 0 Å². The van der Waals surface area contributed by atoms with Crippen molar-refractivity contribution in [1.82, 2.24) is 0 Å². The molecule has 1 saturated heterocycles. The fourth-order valence-electron chi connectivity index (χ4n) is 1.82. The zero-order chi connectivity index (χ0) is 14.2. The van der Waals surface area contributed by atoms with E-state index < -0.39 is 30.2 Å². The van der Waals surface area contributed by atoms with Crippen LogP contribution in [0.2, 0.25) is 0 Å². The van der Waals surface area contributed by atoms with Crippen LogP contribution in [0.3, 0.4) is 0 Å². The normalized spacial score (nSPS) is 21.3. The Balaban J connectivity index is 2.01. The number of carbonyl (C=O) groups is 1. The molecule has 0 bridgehead atoms. The molecule has 7 heteroatoms. The van der Waals surface area contributed by atoms with E-state index in [1.54, 1.807) is 13.0 Å². The number of anilines is 1. The third-order valence-corrected chi connectivity index (χ3v) is 3.45. The van der Waals surface area contributed by atoms with E-state index in [0.717, 1.165) is 5.56 Å². The number of hydrogen-bond acceptors (Lipinski definition) is 3. The molecule has 2 rings (SSSR count). The summed E-state index contributed by atoms with van der Waals surface area (Å²) in [6.07, 6.45) is -1.56. The van der Waals surface area contributed by atoms with E-state index in [4.69, 9.17) is 0 Å². The maximum absolute atomic E-state index is 13.4. The topological polar surface area (TPSA) is 38.3 Å². The maximum atomic E-state index is 13.4. The number of aryl methyl sites for hydroxylation is 1. The van der Waals surface area contributed by atoms with E-state index >= 15 is 0 Å². The molecule has 0 spiro atoms. The van der Waals surface area contributed by atoms with Crippen molar-refractivity contribution in [2.45, 2.75) is 25.4 Å². The Morgan fingerprint density at radius 3 is 2.79 bits per heavy atom. The molecule has 19 heavy (non-hydrogen) atoms. The number of rotatable bonds is 3. The molecular formula is C12H11BrF3NO2. The molecule has 1 fully saturated rings. The summed E-state index contributed by atoms with van der Waals surface area (Å²) in [6.45, 7) is 1.77. The number of hydrogen-bond donors (Lipinski definition) is 1. The molecule has 1 aromatic rings. The Morgan fingerprint density at radius 1 is 1.53 bits per heavy atom. The lowest BCUT2D eigenvalue weighted by Gasteiger charge is -2.13. The van der Waals surface area contributed by atoms with Gasteiger partial charge in [-0.1, -0.05) is 0 Å². The monoisotopic (exact) mass is 337 g/mol. The zero-order valence-electron chi connectivity index (χ0n) is 9.97. The number of halogens is 4. The summed E-state index contributed by atoms with van der Waals surface area (Å²) in [5.74, 6) is -5.38. The minimum atomic E-state index is -3.42. The largest absolute Gasteiger partial charge is 0.456 e. The van der Waals surface area contributed by atoms with Crippen LogP contribution in [-0.4, -0.2) is 24.5 Å². The molecule has 1 aromatic carbocycles. The predicted octanol–water partition coefficient (Wildman–Crippen LogP) is 3.26. The van der Waals surface area contributed by atoms with Crippen LogP contribution >= 0.6 is 15.9 Å². The van der Waals surface area contributed by atoms with E-state index in [-0.39, 0.29) is 6.54 Å². The van der Waals surface area contributed by atoms with E-state index in [1.165, 1.54) is 6.07 Å². The van der Waals surface area contributed by atoms with Crippen molar-refractivity contribution in [1.29, 1.82) is 0 Å². The molecule has 1 N–H and O–H groups in total. The molecule has 0 radical (unpaired) electrons. The summed E-state index contributed by atoms with van der Waals surface area (Å²) in [5.41, 5.74) is 1.23. The molecule has 1 unspecified atom stereocenters. The van der Waals surface area contributed by atoms with Crippen molar-refractivity contribution in [2.24, 2.45) is 0 Å². The first-order valence-electron chi connectivity index (χ1n) is 5.58. The highest BCUT2D eigenvalue weighted by Gasteiger charge is 2.50. The summed E-state index contributed by atoms with van der Waals surface area (Å²) < 4.78 is 44.1. The second kappa shape index (κ2) is 5.03. The van der Waals surface area contributed by atoms with Gasteiger partial charge in [0.25, 0.3) is 0 Å². The summed E-state index contributed by atoms with van der Waals surface area (Å²) in [5, 5.41) is 2.81. The van der Waals surface area contributed by atoms with Gasteiger partial charge in [0.1, 0.15) is 11.9 Å². The highest BCUT2D eigenvalue weighted by molar-refractivity contribution is 9.10. The number of alkyl halides is 2. The van der Waals surface area contributed by atoms with Gasteiger partial charge in [-0.3, -0.25) is 0 Å². The highest BCUT2D eigenvalue weighted by Crippen LogP contribution is 2.31. The molecule has 0 saturated carbocycles. The lowest BCUT2D eigenvalue weighted by molar-refractivity contribution is -0.158. The SMILES string of the molecule is Cc1cc(Br)c(F)cc1NCC1CC(F)(F)C(=O)O1. The summed E-state index contributed by atoms with van der Waals surface area (Å²) in [4.78, 5) is 10.8. The van der Waals surface area contributed by atoms with Crippen LogP contribution in [0.1, 0.15) is 12.0 Å². The molecule has 1 aliphatic heterocycles. The van der Waals surface area contributed by atoms with Gasteiger partial charge in [-0.05, 0) is 40.5 Å². The minimum absolute atomic E-state index is 0.0171. The minimum Gasteiger partial charge on any atom is -0.456 e. The molecule has 0 amide bonds. The van der Waals surface area contributed by atoms with Crippen LogP contribution in [0.5, 0.6) is 0 Å². The fourth-order valence-corrected chi connectivity index (χ4v) is 2.28. The lowest BCUT2D eigenvalue weighted by atomic mass is 10.1. The molecular weight excluding hydrogens is 327 g/mol. The first kappa shape index (κ1) is 14.2. The van der Waals surface area contributed by atoms with Crippen molar-refractivity contribution in [2.75, 3.05) is 11.9 Å². The smallest absolute Gasteiger partial charge is 0.377 e. The van der Waals surface area contributed by atoms with E-state index in [9.17, 15) is 18.0 Å². The maximum Gasteiger partial charge on any atom is 0.377 e. The van der Waals surface area contributed by atoms with Gasteiger partial charge in [0.2, 0.25) is 0 Å². The van der Waals surface area contributed by atoms with Crippen LogP contribution in [0.25, 0.3) is 0 Å². The van der Waals surface area contributed by atoms with Gasteiger partial charge in [0, 0.05) is 5.69 Å². The standard InChI is InChI=1S/C12H11BrF3NO2/c1-6-2-8(13)9(14)3-10(6)17-5-7-4-12(15,16)11(18)19-7/h2-3,7,17H,4-5H2,1H3. The van der Waals surface area contributed by atoms with Crippen molar-refractivity contribution in [3.8, 4) is 0 Å². The average Bonchev–Trinajstić information content (AvgIpc) is 2.56. The third kappa shape index (κ3) is 3.02. The van der Waals surface area contributed by atoms with Crippen LogP contribution in [0, 0.1) is 12.7 Å². The second-order valence-electron chi connectivity index (χ2n) is 4.40. The van der Waals surface area contributed by atoms with Gasteiger partial charge in [-0.2, -0.15) is 8.78 Å². The van der Waals surface area contributed by atoms with Gasteiger partial charge in [-0.15, -0.1) is 0 Å². The first-order chi connectivity index (χ1) is 8.79. The highest BCUT2D eigenvalue weighted by atomic mass is 79.9. The van der Waals surface area contributed by atoms with Crippen LogP contribution < -0.4 is 5.32 Å². The van der Waals surface area contributed by atoms with Crippen LogP contribution in [0.4, 0.5) is 18.9 Å². The number of carbonyl (C=O) groups excluding carboxylic acids is 1. The Bertz CT molecular complexity index is 522. The fraction of sp³-hybridized carbons (Fsp3) is 0.417. The average molecular weight is 338 g/mol. The molecule has 0 aromatic heterocycles. The van der Waals surface area contributed by atoms with Crippen molar-refractivity contribution in [3.63, 3.8) is 0 Å². The molecule has 0 aliphatic carbocycles. The number of nitrogens with one attached hydrogen (secondary N) is 1. The molecule has 104 valence electrons. The van der Waals surface area contributed by atoms with Gasteiger partial charge < -0.3 is 10.1 Å². The Kier molecular flexibility index (Phi) is 3.75. The van der Waals surface area contributed by atoms with Crippen molar-refractivity contribution >= 4 is 27.6 Å². The van der Waals surface area contributed by atoms with Gasteiger partial charge in [0.05, 0.1) is 17.4 Å². The number of esters is 1. The lowest BCUT2D eigenvalue weighted by Crippen LogP contribution is -2.22. The number of benzene rings is 1. The van der Waals surface area contributed by atoms with Crippen LogP contribution in [0.15, 0.2) is 16.6 Å². The Morgan fingerprint density at radius 2 is 2.21 bits per heavy atom. The summed E-state index contributed by atoms with van der Waals surface area (Å²) >= 11 is 3.05. The Hall–Kier alpha value is -1.24. The van der Waals surface area contributed by atoms with Crippen LogP contribution in [-0.2, 0) is 9.53 Å². The first-order valence-corrected chi connectivity index (χ1v) is 6.37. The quantitative estimate of drug-likeness (QED) is 0.860. The molecule has 1 aliphatic rings. The molecule has 1 atom stereocenters. The van der Waals surface area contributed by atoms with Gasteiger partial charge in [-0.25, -0.2) is 9.18 Å². The third-order valence-electron chi connectivity index (χ3n) is 2.84. The molecule has 3 nitrogen and oxygen atoms in total. The summed E-state index contributed by atoms with van der Waals surface area (Å²) in [7, 11) is 0. The van der Waals surface area contributed by atoms with Gasteiger partial charge in [0.15, 0.2) is 0 Å². The van der Waals surface area contributed by atoms with Gasteiger partial charge >= 0.3 is 11.9 Å². The predicted molar refractivity (Wildman–Crippen MR) is 66.8 cm³/mol. The number of cyclic esters (lactones) is 1. The van der Waals surface area contributed by atoms with E-state index in [2.05, 4.69) is 26.0 Å². The zero-order valence-corrected chi connectivity index (χ0v) is 11.6. The summed E-state index contributed by atoms with van der Waals surface area (Å²) in [6, 6.07) is 2.83. The Labute approximate surface area is 116 Å². The van der Waals surface area contributed by atoms with Crippen molar-refractivity contribution in [3.05, 3.63) is 28.0 Å².